The minimum Gasteiger partial charge on any atom is -0.462 e. The summed E-state index contributed by atoms with van der Waals surface area (Å²) in [6.45, 7) is 4.83. The van der Waals surface area contributed by atoms with Crippen LogP contribution in [0.25, 0.3) is 27.8 Å². The van der Waals surface area contributed by atoms with Gasteiger partial charge in [0, 0.05) is 47.1 Å². The maximum absolute atomic E-state index is 12.4. The van der Waals surface area contributed by atoms with Crippen LogP contribution < -0.4 is 0 Å². The molecule has 16 heteroatoms. The summed E-state index contributed by atoms with van der Waals surface area (Å²) in [6.07, 6.45) is -6.45. The fourth-order valence-corrected chi connectivity index (χ4v) is 4.50. The van der Waals surface area contributed by atoms with Crippen molar-refractivity contribution < 1.29 is 47.7 Å². The van der Waals surface area contributed by atoms with Gasteiger partial charge >= 0.3 is 29.8 Å². The van der Waals surface area contributed by atoms with Gasteiger partial charge in [0.25, 0.3) is 5.78 Å². The van der Waals surface area contributed by atoms with Gasteiger partial charge in [-0.05, 0) is 6.07 Å². The number of benzene rings is 1. The number of aromatic nitrogens is 6. The zero-order valence-corrected chi connectivity index (χ0v) is 23.6. The lowest BCUT2D eigenvalue weighted by molar-refractivity contribution is -0.204. The highest BCUT2D eigenvalue weighted by Gasteiger charge is 2.46. The first-order valence-electron chi connectivity index (χ1n) is 12.7. The molecule has 4 aromatic rings. The minimum atomic E-state index is -1.69. The molecule has 0 unspecified atom stereocenters. The molecule has 16 nitrogen and oxygen atoms in total. The summed E-state index contributed by atoms with van der Waals surface area (Å²) in [5.41, 5.74) is 1.81. The number of fused-ring (bicyclic) bond motifs is 4. The topological polar surface area (TPSA) is 192 Å². The quantitative estimate of drug-likeness (QED) is 0.190. The van der Waals surface area contributed by atoms with E-state index in [9.17, 15) is 24.0 Å². The highest BCUT2D eigenvalue weighted by atomic mass is 16.6. The van der Waals surface area contributed by atoms with Crippen LogP contribution >= 0.6 is 0 Å². The van der Waals surface area contributed by atoms with E-state index in [1.165, 1.54) is 4.52 Å². The maximum atomic E-state index is 12.4. The molecule has 0 amide bonds. The summed E-state index contributed by atoms with van der Waals surface area (Å²) >= 11 is 0. The number of ether oxygens (including phenoxy) is 5. The molecule has 0 aliphatic carbocycles. The first kappa shape index (κ1) is 29.8. The van der Waals surface area contributed by atoms with Crippen LogP contribution in [0, 0.1) is 0 Å². The lowest BCUT2D eigenvalue weighted by atomic mass is 10.0. The van der Waals surface area contributed by atoms with Gasteiger partial charge in [0.05, 0.1) is 5.52 Å². The Morgan fingerprint density at radius 2 is 1.40 bits per heavy atom. The summed E-state index contributed by atoms with van der Waals surface area (Å²) in [7, 11) is 1.81. The maximum Gasteiger partial charge on any atom is 0.303 e. The number of hydrogen-bond acceptors (Lipinski definition) is 14. The Morgan fingerprint density at radius 1 is 0.786 bits per heavy atom. The van der Waals surface area contributed by atoms with Crippen LogP contribution in [-0.2, 0) is 54.7 Å². The number of rotatable bonds is 10. The normalized spacial score (nSPS) is 14.1. The van der Waals surface area contributed by atoms with Gasteiger partial charge in [-0.25, -0.2) is 0 Å². The average molecular weight is 585 g/mol. The Bertz CT molecular complexity index is 1700. The first-order valence-corrected chi connectivity index (χ1v) is 12.7. The number of nitrogens with zero attached hydrogens (tertiary/aromatic N) is 6. The van der Waals surface area contributed by atoms with E-state index in [0.717, 1.165) is 45.5 Å². The van der Waals surface area contributed by atoms with Gasteiger partial charge in [0.2, 0.25) is 11.9 Å². The van der Waals surface area contributed by atoms with E-state index in [4.69, 9.17) is 23.7 Å². The summed E-state index contributed by atoms with van der Waals surface area (Å²) in [4.78, 5) is 65.0. The van der Waals surface area contributed by atoms with Crippen LogP contribution in [0.5, 0.6) is 0 Å². The molecule has 0 saturated carbocycles. The molecule has 3 aromatic heterocycles. The number of para-hydroxylation sites is 1. The molecule has 0 bridgehead atoms. The molecule has 222 valence electrons. The van der Waals surface area contributed by atoms with Gasteiger partial charge in [-0.1, -0.05) is 18.2 Å². The van der Waals surface area contributed by atoms with Crippen molar-refractivity contribution in [3.8, 4) is 0 Å². The van der Waals surface area contributed by atoms with E-state index >= 15 is 0 Å². The van der Waals surface area contributed by atoms with Crippen LogP contribution in [0.1, 0.15) is 46.5 Å². The average Bonchev–Trinajstić information content (AvgIpc) is 3.44. The number of carbonyl (C=O) groups excluding carboxylic acids is 5. The summed E-state index contributed by atoms with van der Waals surface area (Å²) in [6, 6.07) is 7.44. The lowest BCUT2D eigenvalue weighted by Crippen LogP contribution is -2.50. The molecule has 42 heavy (non-hydrogen) atoms. The molecule has 0 aliphatic rings. The zero-order chi connectivity index (χ0) is 30.7. The van der Waals surface area contributed by atoms with Crippen LogP contribution in [0.15, 0.2) is 24.3 Å². The third-order valence-electron chi connectivity index (χ3n) is 6.01. The number of aryl methyl sites for hydroxylation is 1. The van der Waals surface area contributed by atoms with Crippen molar-refractivity contribution in [2.75, 3.05) is 6.61 Å². The molecule has 0 fully saturated rings. The van der Waals surface area contributed by atoms with Crippen molar-refractivity contribution in [2.45, 2.75) is 59.0 Å². The third kappa shape index (κ3) is 6.26. The molecule has 0 spiro atoms. The number of esters is 5. The molecule has 0 radical (unpaired) electrons. The highest BCUT2D eigenvalue weighted by Crippen LogP contribution is 2.31. The van der Waals surface area contributed by atoms with Gasteiger partial charge in [-0.3, -0.25) is 24.0 Å². The van der Waals surface area contributed by atoms with Crippen LogP contribution in [0.4, 0.5) is 0 Å². The van der Waals surface area contributed by atoms with Gasteiger partial charge < -0.3 is 28.3 Å². The SMILES string of the molecule is CC(=O)OC[C@@H](OC(C)=O)[C@H](OC(C)=O)[C@H](OC(C)=O)[C@@H](OC(C)=O)c1nnc2nc3c(nn12)c1ccccc1n3C. The van der Waals surface area contributed by atoms with E-state index < -0.39 is 60.9 Å². The molecule has 3 heterocycles. The van der Waals surface area contributed by atoms with E-state index in [1.807, 2.05) is 35.9 Å². The second-order valence-corrected chi connectivity index (χ2v) is 9.26. The van der Waals surface area contributed by atoms with Crippen molar-refractivity contribution in [1.29, 1.82) is 0 Å². The fraction of sp³-hybridized carbons (Fsp3) is 0.423. The molecule has 4 atom stereocenters. The van der Waals surface area contributed by atoms with E-state index in [-0.39, 0.29) is 11.6 Å². The fourth-order valence-electron chi connectivity index (χ4n) is 4.50. The van der Waals surface area contributed by atoms with E-state index in [0.29, 0.717) is 11.2 Å². The Balaban J connectivity index is 1.93. The Morgan fingerprint density at radius 3 is 2.02 bits per heavy atom. The van der Waals surface area contributed by atoms with E-state index in [2.05, 4.69) is 20.3 Å². The summed E-state index contributed by atoms with van der Waals surface area (Å²) in [5, 5.41) is 13.6. The molecular formula is C26H28N6O10. The second-order valence-electron chi connectivity index (χ2n) is 9.26. The van der Waals surface area contributed by atoms with Crippen molar-refractivity contribution in [2.24, 2.45) is 7.05 Å². The predicted molar refractivity (Wildman–Crippen MR) is 140 cm³/mol. The molecule has 0 saturated heterocycles. The van der Waals surface area contributed by atoms with Crippen molar-refractivity contribution >= 4 is 57.7 Å². The molecule has 0 aliphatic heterocycles. The Kier molecular flexibility index (Phi) is 8.63. The van der Waals surface area contributed by atoms with Gasteiger partial charge in [-0.15, -0.1) is 10.2 Å². The molecule has 1 aromatic carbocycles. The second kappa shape index (κ2) is 12.2. The molecule has 0 N–H and O–H groups in total. The van der Waals surface area contributed by atoms with Crippen LogP contribution in [-0.4, -0.2) is 84.1 Å². The first-order chi connectivity index (χ1) is 19.9. The largest absolute Gasteiger partial charge is 0.462 e. The monoisotopic (exact) mass is 584 g/mol. The van der Waals surface area contributed by atoms with Crippen molar-refractivity contribution in [3.05, 3.63) is 30.1 Å². The summed E-state index contributed by atoms with van der Waals surface area (Å²) < 4.78 is 29.9. The number of carbonyl (C=O) groups is 5. The minimum absolute atomic E-state index is 0.0163. The zero-order valence-electron chi connectivity index (χ0n) is 23.6. The Labute approximate surface area is 237 Å². The lowest BCUT2D eigenvalue weighted by Gasteiger charge is -2.34. The van der Waals surface area contributed by atoms with Gasteiger partial charge in [0.15, 0.2) is 24.0 Å². The van der Waals surface area contributed by atoms with Crippen LogP contribution in [0.2, 0.25) is 0 Å². The van der Waals surface area contributed by atoms with Gasteiger partial charge in [0.1, 0.15) is 12.1 Å². The van der Waals surface area contributed by atoms with Crippen molar-refractivity contribution in [1.82, 2.24) is 29.4 Å². The smallest absolute Gasteiger partial charge is 0.303 e. The highest BCUT2D eigenvalue weighted by molar-refractivity contribution is 6.04. The van der Waals surface area contributed by atoms with Crippen molar-refractivity contribution in [3.63, 3.8) is 0 Å². The molecule has 4 rings (SSSR count). The standard InChI is InChI=1S/C26H28N6O10/c1-12(33)38-11-19(39-13(2)34)21(40-14(3)35)22(41-15(4)36)23(42-16(5)37)25-28-29-26-27-24-20(30-32(25)26)17-9-7-8-10-18(17)31(24)6/h7-10,19,21-23H,11H2,1-6H3/t19-,21+,22+,23-/m1/s1. The third-order valence-corrected chi connectivity index (χ3v) is 6.01. The Hall–Kier alpha value is -5.15. The van der Waals surface area contributed by atoms with Crippen LogP contribution in [0.3, 0.4) is 0 Å². The van der Waals surface area contributed by atoms with Gasteiger partial charge in [-0.2, -0.15) is 14.6 Å². The molecular weight excluding hydrogens is 556 g/mol. The summed E-state index contributed by atoms with van der Waals surface area (Å²) in [5.74, 6) is -4.28. The number of hydrogen-bond donors (Lipinski definition) is 0. The van der Waals surface area contributed by atoms with E-state index in [1.54, 1.807) is 0 Å². The predicted octanol–water partition coefficient (Wildman–Crippen LogP) is 1.13.